The zero-order valence-electron chi connectivity index (χ0n) is 15.4. The fraction of sp³-hybridized carbons (Fsp3) is 0.500. The van der Waals surface area contributed by atoms with E-state index in [-0.39, 0.29) is 17.7 Å². The molecule has 2 aromatic rings. The van der Waals surface area contributed by atoms with Gasteiger partial charge in [0.1, 0.15) is 6.54 Å². The molecular weight excluding hydrogens is 350 g/mol. The van der Waals surface area contributed by atoms with E-state index in [1.165, 1.54) is 0 Å². The van der Waals surface area contributed by atoms with Crippen LogP contribution in [0.1, 0.15) is 26.7 Å². The smallest absolute Gasteiger partial charge is 0.242 e. The lowest BCUT2D eigenvalue weighted by molar-refractivity contribution is -0.140. The lowest BCUT2D eigenvalue weighted by Crippen LogP contribution is -2.45. The maximum Gasteiger partial charge on any atom is 0.242 e. The van der Waals surface area contributed by atoms with E-state index < -0.39 is 0 Å². The van der Waals surface area contributed by atoms with Crippen molar-refractivity contribution in [3.8, 4) is 0 Å². The van der Waals surface area contributed by atoms with Crippen LogP contribution in [-0.4, -0.2) is 52.4 Å². The Morgan fingerprint density at radius 1 is 1.15 bits per heavy atom. The quantitative estimate of drug-likeness (QED) is 0.804. The minimum atomic E-state index is 0.0464. The van der Waals surface area contributed by atoms with Gasteiger partial charge in [-0.25, -0.2) is 0 Å². The number of amides is 2. The van der Waals surface area contributed by atoms with Gasteiger partial charge in [-0.3, -0.25) is 9.59 Å². The molecule has 0 saturated carbocycles. The molecule has 0 atom stereocenters. The van der Waals surface area contributed by atoms with Gasteiger partial charge in [0, 0.05) is 48.8 Å². The normalized spacial score (nSPS) is 15.4. The van der Waals surface area contributed by atoms with E-state index in [4.69, 9.17) is 11.6 Å². The summed E-state index contributed by atoms with van der Waals surface area (Å²) in [7, 11) is 0. The van der Waals surface area contributed by atoms with E-state index in [1.807, 2.05) is 58.7 Å². The summed E-state index contributed by atoms with van der Waals surface area (Å²) in [6.45, 7) is 7.11. The van der Waals surface area contributed by atoms with Crippen molar-refractivity contribution in [2.24, 2.45) is 5.92 Å². The van der Waals surface area contributed by atoms with E-state index in [2.05, 4.69) is 0 Å². The van der Waals surface area contributed by atoms with Crippen LogP contribution in [0, 0.1) is 5.92 Å². The Morgan fingerprint density at radius 2 is 1.85 bits per heavy atom. The first-order valence-corrected chi connectivity index (χ1v) is 9.72. The van der Waals surface area contributed by atoms with Crippen LogP contribution in [0.2, 0.25) is 5.02 Å². The Kier molecular flexibility index (Phi) is 5.87. The average molecular weight is 376 g/mol. The van der Waals surface area contributed by atoms with Gasteiger partial charge in [0.15, 0.2) is 0 Å². The summed E-state index contributed by atoms with van der Waals surface area (Å²) in [5.41, 5.74) is 0.970. The summed E-state index contributed by atoms with van der Waals surface area (Å²) < 4.78 is 1.94. The highest BCUT2D eigenvalue weighted by molar-refractivity contribution is 6.31. The number of rotatable bonds is 5. The lowest BCUT2D eigenvalue weighted by atomic mass is 9.95. The highest BCUT2D eigenvalue weighted by Crippen LogP contribution is 2.22. The number of hydrogen-bond donors (Lipinski definition) is 0. The molecular formula is C20H26ClN3O2. The average Bonchev–Trinajstić information content (AvgIpc) is 3.04. The number of fused-ring (bicyclic) bond motifs is 1. The van der Waals surface area contributed by atoms with Crippen molar-refractivity contribution in [3.05, 3.63) is 35.5 Å². The van der Waals surface area contributed by atoms with Crippen LogP contribution in [-0.2, 0) is 16.1 Å². The van der Waals surface area contributed by atoms with Crippen molar-refractivity contribution in [2.75, 3.05) is 26.2 Å². The number of aromatic nitrogens is 1. The Hall–Kier alpha value is -2.01. The Morgan fingerprint density at radius 3 is 2.50 bits per heavy atom. The summed E-state index contributed by atoms with van der Waals surface area (Å²) in [5, 5.41) is 1.74. The zero-order chi connectivity index (χ0) is 18.7. The van der Waals surface area contributed by atoms with Crippen molar-refractivity contribution in [1.29, 1.82) is 0 Å². The summed E-state index contributed by atoms with van der Waals surface area (Å²) in [4.78, 5) is 28.9. The van der Waals surface area contributed by atoms with Gasteiger partial charge in [0.25, 0.3) is 0 Å². The van der Waals surface area contributed by atoms with Crippen LogP contribution in [0.15, 0.2) is 30.5 Å². The largest absolute Gasteiger partial charge is 0.343 e. The highest BCUT2D eigenvalue weighted by Gasteiger charge is 2.29. The molecule has 3 rings (SSSR count). The number of likely N-dealkylation sites (tertiary alicyclic amines) is 1. The molecule has 0 unspecified atom stereocenters. The molecule has 2 heterocycles. The van der Waals surface area contributed by atoms with Crippen LogP contribution in [0.4, 0.5) is 0 Å². The first kappa shape index (κ1) is 18.8. The van der Waals surface area contributed by atoms with Crippen molar-refractivity contribution < 1.29 is 9.59 Å². The summed E-state index contributed by atoms with van der Waals surface area (Å²) in [6, 6.07) is 7.70. The molecule has 1 fully saturated rings. The molecule has 1 aromatic heterocycles. The fourth-order valence-corrected chi connectivity index (χ4v) is 3.88. The Bertz CT molecular complexity index is 789. The maximum atomic E-state index is 12.7. The van der Waals surface area contributed by atoms with Crippen molar-refractivity contribution >= 4 is 34.3 Å². The van der Waals surface area contributed by atoms with Gasteiger partial charge in [-0.2, -0.15) is 0 Å². The molecule has 0 N–H and O–H groups in total. The number of benzene rings is 1. The number of carbonyl (C=O) groups excluding carboxylic acids is 2. The van der Waals surface area contributed by atoms with Gasteiger partial charge in [-0.05, 0) is 50.3 Å². The highest BCUT2D eigenvalue weighted by atomic mass is 35.5. The van der Waals surface area contributed by atoms with Crippen LogP contribution < -0.4 is 0 Å². The predicted molar refractivity (Wildman–Crippen MR) is 104 cm³/mol. The second-order valence-electron chi connectivity index (χ2n) is 6.81. The lowest BCUT2D eigenvalue weighted by Gasteiger charge is -2.34. The molecule has 5 nitrogen and oxygen atoms in total. The molecule has 1 saturated heterocycles. The SMILES string of the molecule is CCN(CC)C(=O)C1CCN(C(=O)Cn2ccc3ccc(Cl)cc32)CC1. The van der Waals surface area contributed by atoms with E-state index in [0.29, 0.717) is 24.7 Å². The van der Waals surface area contributed by atoms with E-state index in [0.717, 1.165) is 36.8 Å². The first-order chi connectivity index (χ1) is 12.5. The summed E-state index contributed by atoms with van der Waals surface area (Å²) >= 11 is 6.08. The van der Waals surface area contributed by atoms with Crippen LogP contribution in [0.25, 0.3) is 10.9 Å². The number of nitrogens with zero attached hydrogens (tertiary/aromatic N) is 3. The van der Waals surface area contributed by atoms with E-state index >= 15 is 0 Å². The van der Waals surface area contributed by atoms with Crippen molar-refractivity contribution in [1.82, 2.24) is 14.4 Å². The minimum Gasteiger partial charge on any atom is -0.343 e. The molecule has 2 amide bonds. The predicted octanol–water partition coefficient (Wildman–Crippen LogP) is 3.40. The summed E-state index contributed by atoms with van der Waals surface area (Å²) in [6.07, 6.45) is 3.42. The van der Waals surface area contributed by atoms with Crippen LogP contribution in [0.5, 0.6) is 0 Å². The number of carbonyl (C=O) groups is 2. The van der Waals surface area contributed by atoms with Gasteiger partial charge in [0.2, 0.25) is 11.8 Å². The molecule has 1 aliphatic rings. The number of piperidine rings is 1. The molecule has 1 aliphatic heterocycles. The van der Waals surface area contributed by atoms with Gasteiger partial charge >= 0.3 is 0 Å². The number of hydrogen-bond acceptors (Lipinski definition) is 2. The molecule has 0 spiro atoms. The van der Waals surface area contributed by atoms with E-state index in [1.54, 1.807) is 0 Å². The zero-order valence-corrected chi connectivity index (χ0v) is 16.2. The Balaban J connectivity index is 1.60. The molecule has 0 aliphatic carbocycles. The van der Waals surface area contributed by atoms with Gasteiger partial charge in [-0.1, -0.05) is 17.7 Å². The molecule has 1 aromatic carbocycles. The van der Waals surface area contributed by atoms with Gasteiger partial charge in [-0.15, -0.1) is 0 Å². The Labute approximate surface area is 159 Å². The van der Waals surface area contributed by atoms with Gasteiger partial charge < -0.3 is 14.4 Å². The third-order valence-electron chi connectivity index (χ3n) is 5.31. The third-order valence-corrected chi connectivity index (χ3v) is 5.55. The molecule has 0 bridgehead atoms. The van der Waals surface area contributed by atoms with Gasteiger partial charge in [0.05, 0.1) is 0 Å². The topological polar surface area (TPSA) is 45.6 Å². The molecule has 140 valence electrons. The van der Waals surface area contributed by atoms with Crippen molar-refractivity contribution in [3.63, 3.8) is 0 Å². The maximum absolute atomic E-state index is 12.7. The standard InChI is InChI=1S/C20H26ClN3O2/c1-3-22(4-2)20(26)16-8-10-23(11-9-16)19(25)14-24-12-7-15-5-6-17(21)13-18(15)24/h5-7,12-13,16H,3-4,8-11,14H2,1-2H3. The third kappa shape index (κ3) is 3.88. The minimum absolute atomic E-state index is 0.0464. The van der Waals surface area contributed by atoms with E-state index in [9.17, 15) is 9.59 Å². The van der Waals surface area contributed by atoms with Crippen molar-refractivity contribution in [2.45, 2.75) is 33.2 Å². The second kappa shape index (κ2) is 8.12. The summed E-state index contributed by atoms with van der Waals surface area (Å²) in [5.74, 6) is 0.370. The molecule has 26 heavy (non-hydrogen) atoms. The number of halogens is 1. The van der Waals surface area contributed by atoms with Crippen LogP contribution >= 0.6 is 11.6 Å². The monoisotopic (exact) mass is 375 g/mol. The fourth-order valence-electron chi connectivity index (χ4n) is 3.71. The second-order valence-corrected chi connectivity index (χ2v) is 7.25. The first-order valence-electron chi connectivity index (χ1n) is 9.34. The molecule has 0 radical (unpaired) electrons. The molecule has 6 heteroatoms. The van der Waals surface area contributed by atoms with Crippen LogP contribution in [0.3, 0.4) is 0 Å².